The lowest BCUT2D eigenvalue weighted by atomic mass is 9.99. The smallest absolute Gasteiger partial charge is 0.432 e. The van der Waals surface area contributed by atoms with E-state index < -0.39 is 6.09 Å². The number of fused-ring (bicyclic) bond motifs is 2. The summed E-state index contributed by atoms with van der Waals surface area (Å²) in [6, 6.07) is 8.01. The average Bonchev–Trinajstić information content (AvgIpc) is 3.19. The van der Waals surface area contributed by atoms with Crippen LogP contribution in [-0.2, 0) is 12.8 Å². The van der Waals surface area contributed by atoms with Crippen LogP contribution < -0.4 is 4.74 Å². The number of nitrogens with zero attached hydrogens (tertiary/aromatic N) is 3. The summed E-state index contributed by atoms with van der Waals surface area (Å²) >= 11 is 2.02. The van der Waals surface area contributed by atoms with Crippen molar-refractivity contribution < 1.29 is 14.6 Å². The van der Waals surface area contributed by atoms with Gasteiger partial charge in [0.05, 0.1) is 6.61 Å². The molecule has 0 aliphatic heterocycles. The van der Waals surface area contributed by atoms with Crippen molar-refractivity contribution in [2.24, 2.45) is 0 Å². The Morgan fingerprint density at radius 2 is 2.24 bits per heavy atom. The maximum Gasteiger partial charge on any atom is 0.432 e. The van der Waals surface area contributed by atoms with Gasteiger partial charge in [-0.1, -0.05) is 18.2 Å². The van der Waals surface area contributed by atoms with Gasteiger partial charge in [0.1, 0.15) is 26.2 Å². The number of benzene rings is 1. The zero-order valence-corrected chi connectivity index (χ0v) is 15.8. The molecule has 2 heterocycles. The number of aryl methyl sites for hydroxylation is 1. The number of carboxylic acid groups (broad SMARTS) is 1. The minimum absolute atomic E-state index is 0.441. The Kier molecular flexibility index (Phi) is 4.10. The Labute approximate surface area is 158 Å². The van der Waals surface area contributed by atoms with Gasteiger partial charge in [0, 0.05) is 11.6 Å². The van der Waals surface area contributed by atoms with Gasteiger partial charge in [0.2, 0.25) is 0 Å². The van der Waals surface area contributed by atoms with Crippen LogP contribution in [0.25, 0.3) is 22.3 Å². The molecule has 1 N–H and O–H groups in total. The molecule has 0 unspecified atom stereocenters. The fourth-order valence-corrected chi connectivity index (χ4v) is 4.05. The van der Waals surface area contributed by atoms with Crippen LogP contribution >= 0.6 is 22.6 Å². The molecule has 0 fully saturated rings. The molecule has 0 saturated heterocycles. The van der Waals surface area contributed by atoms with Gasteiger partial charge in [0.25, 0.3) is 0 Å². The molecule has 2 aromatic heterocycles. The van der Waals surface area contributed by atoms with Crippen LogP contribution in [0.4, 0.5) is 4.79 Å². The van der Waals surface area contributed by atoms with Crippen LogP contribution in [0.3, 0.4) is 0 Å². The van der Waals surface area contributed by atoms with Gasteiger partial charge < -0.3 is 9.84 Å². The predicted octanol–water partition coefficient (Wildman–Crippen LogP) is 4.12. The third-order valence-electron chi connectivity index (χ3n) is 4.46. The van der Waals surface area contributed by atoms with Crippen molar-refractivity contribution in [3.05, 3.63) is 39.1 Å². The van der Waals surface area contributed by atoms with E-state index in [0.717, 1.165) is 35.2 Å². The first-order valence-electron chi connectivity index (χ1n) is 8.16. The molecular formula is C18H16IN3O3. The van der Waals surface area contributed by atoms with Crippen molar-refractivity contribution in [3.63, 3.8) is 0 Å². The zero-order valence-electron chi connectivity index (χ0n) is 13.6. The second kappa shape index (κ2) is 6.29. The van der Waals surface area contributed by atoms with E-state index in [1.165, 1.54) is 11.1 Å². The van der Waals surface area contributed by atoms with Gasteiger partial charge in [-0.15, -0.1) is 0 Å². The van der Waals surface area contributed by atoms with Gasteiger partial charge in [-0.3, -0.25) is 0 Å². The Morgan fingerprint density at radius 3 is 3.00 bits per heavy atom. The second-order valence-electron chi connectivity index (χ2n) is 5.92. The number of aromatic nitrogens is 3. The average molecular weight is 449 g/mol. The highest BCUT2D eigenvalue weighted by molar-refractivity contribution is 14.1. The predicted molar refractivity (Wildman–Crippen MR) is 102 cm³/mol. The topological polar surface area (TPSA) is 77.2 Å². The van der Waals surface area contributed by atoms with Crippen LogP contribution in [0.15, 0.2) is 24.3 Å². The van der Waals surface area contributed by atoms with Crippen molar-refractivity contribution in [1.82, 2.24) is 14.8 Å². The number of carbonyl (C=O) groups is 1. The standard InChI is InChI=1S/C18H16IN3O3/c1-2-25-14-9-13-16(17(19)21-22(13)18(23)24)20-15(14)12-8-4-6-10-5-3-7-11(10)12/h4,6,8-9H,2-3,5,7H2,1H3,(H,23,24). The van der Waals surface area contributed by atoms with Crippen molar-refractivity contribution in [3.8, 4) is 17.0 Å². The summed E-state index contributed by atoms with van der Waals surface area (Å²) in [5.74, 6) is 0.592. The normalized spacial score (nSPS) is 13.2. The SMILES string of the molecule is CCOc1cc2c(nc1-c1cccc3c1CCC3)c(I)nn2C(=O)O. The van der Waals surface area contributed by atoms with Crippen LogP contribution in [0.2, 0.25) is 0 Å². The van der Waals surface area contributed by atoms with E-state index in [-0.39, 0.29) is 0 Å². The van der Waals surface area contributed by atoms with Gasteiger partial charge in [-0.25, -0.2) is 9.78 Å². The summed E-state index contributed by atoms with van der Waals surface area (Å²) in [6.07, 6.45) is 2.13. The number of hydrogen-bond donors (Lipinski definition) is 1. The molecule has 6 nitrogen and oxygen atoms in total. The summed E-state index contributed by atoms with van der Waals surface area (Å²) in [7, 11) is 0. The molecule has 1 aliphatic carbocycles. The Bertz CT molecular complexity index is 997. The zero-order chi connectivity index (χ0) is 17.6. The second-order valence-corrected chi connectivity index (χ2v) is 6.94. The summed E-state index contributed by atoms with van der Waals surface area (Å²) in [4.78, 5) is 16.2. The Hall–Kier alpha value is -2.16. The van der Waals surface area contributed by atoms with Crippen molar-refractivity contribution >= 4 is 39.7 Å². The molecule has 7 heteroatoms. The lowest BCUT2D eigenvalue weighted by molar-refractivity contribution is 0.194. The Morgan fingerprint density at radius 1 is 1.40 bits per heavy atom. The fourth-order valence-electron chi connectivity index (χ4n) is 3.43. The quantitative estimate of drug-likeness (QED) is 0.609. The van der Waals surface area contributed by atoms with Gasteiger partial charge >= 0.3 is 6.09 Å². The third kappa shape index (κ3) is 2.66. The highest BCUT2D eigenvalue weighted by Gasteiger charge is 2.23. The monoisotopic (exact) mass is 449 g/mol. The minimum atomic E-state index is -1.13. The van der Waals surface area contributed by atoms with Crippen molar-refractivity contribution in [2.45, 2.75) is 26.2 Å². The summed E-state index contributed by atoms with van der Waals surface area (Å²) in [5, 5.41) is 13.4. The first-order valence-corrected chi connectivity index (χ1v) is 9.24. The molecule has 0 atom stereocenters. The van der Waals surface area contributed by atoms with E-state index in [4.69, 9.17) is 9.72 Å². The molecule has 128 valence electrons. The lowest BCUT2D eigenvalue weighted by Gasteiger charge is -2.13. The molecular weight excluding hydrogens is 433 g/mol. The van der Waals surface area contributed by atoms with Crippen molar-refractivity contribution in [1.29, 1.82) is 0 Å². The number of halogens is 1. The summed E-state index contributed by atoms with van der Waals surface area (Å²) in [6.45, 7) is 2.38. The maximum atomic E-state index is 11.4. The first kappa shape index (κ1) is 16.3. The molecule has 0 amide bonds. The molecule has 0 bridgehead atoms. The van der Waals surface area contributed by atoms with Gasteiger partial charge in [0.15, 0.2) is 0 Å². The fraction of sp³-hybridized carbons (Fsp3) is 0.278. The molecule has 0 radical (unpaired) electrons. The number of hydrogen-bond acceptors (Lipinski definition) is 4. The van der Waals surface area contributed by atoms with E-state index >= 15 is 0 Å². The molecule has 4 rings (SSSR count). The molecule has 0 saturated carbocycles. The van der Waals surface area contributed by atoms with Crippen LogP contribution in [0, 0.1) is 3.70 Å². The highest BCUT2D eigenvalue weighted by atomic mass is 127. The van der Waals surface area contributed by atoms with Crippen LogP contribution in [-0.4, -0.2) is 32.6 Å². The van der Waals surface area contributed by atoms with Gasteiger partial charge in [-0.05, 0) is 59.9 Å². The van der Waals surface area contributed by atoms with E-state index in [9.17, 15) is 9.90 Å². The molecule has 3 aromatic rings. The number of pyridine rings is 1. The van der Waals surface area contributed by atoms with E-state index in [1.807, 2.05) is 35.6 Å². The van der Waals surface area contributed by atoms with E-state index in [2.05, 4.69) is 17.2 Å². The first-order chi connectivity index (χ1) is 12.1. The number of ether oxygens (including phenoxy) is 1. The number of rotatable bonds is 3. The molecule has 25 heavy (non-hydrogen) atoms. The molecule has 1 aliphatic rings. The van der Waals surface area contributed by atoms with Crippen LogP contribution in [0.5, 0.6) is 5.75 Å². The third-order valence-corrected chi connectivity index (χ3v) is 5.19. The summed E-state index contributed by atoms with van der Waals surface area (Å²) < 4.78 is 7.32. The van der Waals surface area contributed by atoms with Crippen molar-refractivity contribution in [2.75, 3.05) is 6.61 Å². The van der Waals surface area contributed by atoms with Gasteiger partial charge in [-0.2, -0.15) is 9.78 Å². The highest BCUT2D eigenvalue weighted by Crippen LogP contribution is 2.38. The van der Waals surface area contributed by atoms with E-state index in [1.54, 1.807) is 6.07 Å². The lowest BCUT2D eigenvalue weighted by Crippen LogP contribution is -2.09. The molecule has 0 spiro atoms. The summed E-state index contributed by atoms with van der Waals surface area (Å²) in [5.41, 5.74) is 5.53. The maximum absolute atomic E-state index is 11.4. The van der Waals surface area contributed by atoms with Crippen LogP contribution in [0.1, 0.15) is 24.5 Å². The Balaban J connectivity index is 2.00. The largest absolute Gasteiger partial charge is 0.492 e. The van der Waals surface area contributed by atoms with E-state index in [0.29, 0.717) is 27.1 Å². The minimum Gasteiger partial charge on any atom is -0.492 e. The molecule has 1 aromatic carbocycles.